The SMILES string of the molecule is C=CCNc1nc(C(=O)OCCCOc2ccc(Cl)cc2)cs1. The van der Waals surface area contributed by atoms with Crippen LogP contribution in [0.15, 0.2) is 42.3 Å². The molecule has 7 heteroatoms. The van der Waals surface area contributed by atoms with E-state index in [1.54, 1.807) is 35.7 Å². The van der Waals surface area contributed by atoms with Crippen LogP contribution in [-0.2, 0) is 4.74 Å². The smallest absolute Gasteiger partial charge is 0.357 e. The highest BCUT2D eigenvalue weighted by atomic mass is 35.5. The number of halogens is 1. The second-order valence-electron chi connectivity index (χ2n) is 4.50. The fraction of sp³-hybridized carbons (Fsp3) is 0.250. The molecule has 1 aromatic heterocycles. The number of nitrogens with one attached hydrogen (secondary N) is 1. The number of thiazole rings is 1. The van der Waals surface area contributed by atoms with Crippen molar-refractivity contribution >= 4 is 34.0 Å². The van der Waals surface area contributed by atoms with Gasteiger partial charge in [0.05, 0.1) is 13.2 Å². The summed E-state index contributed by atoms with van der Waals surface area (Å²) in [5, 5.41) is 6.02. The van der Waals surface area contributed by atoms with E-state index in [1.807, 2.05) is 0 Å². The van der Waals surface area contributed by atoms with Crippen LogP contribution in [-0.4, -0.2) is 30.7 Å². The lowest BCUT2D eigenvalue weighted by Crippen LogP contribution is -2.10. The number of esters is 1. The van der Waals surface area contributed by atoms with Gasteiger partial charge >= 0.3 is 5.97 Å². The zero-order valence-corrected chi connectivity index (χ0v) is 14.0. The van der Waals surface area contributed by atoms with Crippen LogP contribution < -0.4 is 10.1 Å². The molecule has 0 amide bonds. The maximum Gasteiger partial charge on any atom is 0.357 e. The normalized spacial score (nSPS) is 10.1. The number of aromatic nitrogens is 1. The van der Waals surface area contributed by atoms with Crippen LogP contribution in [0.1, 0.15) is 16.9 Å². The topological polar surface area (TPSA) is 60.5 Å². The van der Waals surface area contributed by atoms with Gasteiger partial charge in [-0.3, -0.25) is 0 Å². The minimum atomic E-state index is -0.431. The Morgan fingerprint density at radius 1 is 1.35 bits per heavy atom. The highest BCUT2D eigenvalue weighted by Crippen LogP contribution is 2.17. The quantitative estimate of drug-likeness (QED) is 0.419. The molecule has 1 aromatic carbocycles. The van der Waals surface area contributed by atoms with E-state index in [4.69, 9.17) is 21.1 Å². The molecular formula is C16H17ClN2O3S. The molecule has 0 spiro atoms. The van der Waals surface area contributed by atoms with Gasteiger partial charge in [-0.25, -0.2) is 9.78 Å². The first-order chi connectivity index (χ1) is 11.2. The van der Waals surface area contributed by atoms with Crippen molar-refractivity contribution in [3.63, 3.8) is 0 Å². The number of hydrogen-bond donors (Lipinski definition) is 1. The molecule has 1 N–H and O–H groups in total. The van der Waals surface area contributed by atoms with E-state index in [0.29, 0.717) is 35.4 Å². The predicted octanol–water partition coefficient (Wildman–Crippen LogP) is 4.02. The van der Waals surface area contributed by atoms with Crippen LogP contribution in [0, 0.1) is 0 Å². The Kier molecular flexibility index (Phi) is 6.90. The van der Waals surface area contributed by atoms with Crippen molar-refractivity contribution in [2.24, 2.45) is 0 Å². The number of ether oxygens (including phenoxy) is 2. The third kappa shape index (κ3) is 5.92. The van der Waals surface area contributed by atoms with E-state index in [9.17, 15) is 4.79 Å². The fourth-order valence-electron chi connectivity index (χ4n) is 1.63. The van der Waals surface area contributed by atoms with Gasteiger partial charge in [0.15, 0.2) is 10.8 Å². The summed E-state index contributed by atoms with van der Waals surface area (Å²) in [6.07, 6.45) is 2.32. The lowest BCUT2D eigenvalue weighted by atomic mass is 10.3. The minimum Gasteiger partial charge on any atom is -0.493 e. The van der Waals surface area contributed by atoms with Gasteiger partial charge in [-0.15, -0.1) is 17.9 Å². The number of benzene rings is 1. The number of anilines is 1. The Labute approximate surface area is 143 Å². The summed E-state index contributed by atoms with van der Waals surface area (Å²) in [6, 6.07) is 7.11. The third-order valence-electron chi connectivity index (χ3n) is 2.72. The van der Waals surface area contributed by atoms with E-state index in [-0.39, 0.29) is 6.61 Å². The first-order valence-corrected chi connectivity index (χ1v) is 8.30. The second kappa shape index (κ2) is 9.17. The number of carbonyl (C=O) groups excluding carboxylic acids is 1. The van der Waals surface area contributed by atoms with E-state index >= 15 is 0 Å². The van der Waals surface area contributed by atoms with Gasteiger partial charge in [0, 0.05) is 23.4 Å². The van der Waals surface area contributed by atoms with E-state index < -0.39 is 5.97 Å². The first kappa shape index (κ1) is 17.3. The average Bonchev–Trinajstić information content (AvgIpc) is 3.03. The summed E-state index contributed by atoms with van der Waals surface area (Å²) in [5.74, 6) is 0.303. The average molecular weight is 353 g/mol. The second-order valence-corrected chi connectivity index (χ2v) is 5.79. The van der Waals surface area contributed by atoms with Crippen LogP contribution in [0.5, 0.6) is 5.75 Å². The highest BCUT2D eigenvalue weighted by molar-refractivity contribution is 7.13. The minimum absolute atomic E-state index is 0.277. The largest absolute Gasteiger partial charge is 0.493 e. The van der Waals surface area contributed by atoms with Gasteiger partial charge < -0.3 is 14.8 Å². The van der Waals surface area contributed by atoms with Crippen molar-refractivity contribution in [2.75, 3.05) is 25.1 Å². The molecule has 0 unspecified atom stereocenters. The monoisotopic (exact) mass is 352 g/mol. The van der Waals surface area contributed by atoms with Crippen LogP contribution in [0.3, 0.4) is 0 Å². The molecule has 23 heavy (non-hydrogen) atoms. The molecular weight excluding hydrogens is 336 g/mol. The molecule has 0 radical (unpaired) electrons. The van der Waals surface area contributed by atoms with Gasteiger partial charge in [0.2, 0.25) is 0 Å². The van der Waals surface area contributed by atoms with E-state index in [1.165, 1.54) is 11.3 Å². The van der Waals surface area contributed by atoms with Crippen LogP contribution in [0.25, 0.3) is 0 Å². The molecule has 0 atom stereocenters. The lowest BCUT2D eigenvalue weighted by molar-refractivity contribution is 0.0480. The lowest BCUT2D eigenvalue weighted by Gasteiger charge is -2.06. The van der Waals surface area contributed by atoms with Crippen molar-refractivity contribution in [3.8, 4) is 5.75 Å². The molecule has 0 bridgehead atoms. The molecule has 2 rings (SSSR count). The van der Waals surface area contributed by atoms with Crippen molar-refractivity contribution < 1.29 is 14.3 Å². The van der Waals surface area contributed by atoms with Gasteiger partial charge in [-0.2, -0.15) is 0 Å². The molecule has 0 saturated heterocycles. The van der Waals surface area contributed by atoms with Gasteiger partial charge in [0.1, 0.15) is 5.75 Å². The van der Waals surface area contributed by atoms with Crippen molar-refractivity contribution in [1.29, 1.82) is 0 Å². The molecule has 5 nitrogen and oxygen atoms in total. The number of rotatable bonds is 9. The fourth-order valence-corrected chi connectivity index (χ4v) is 2.44. The number of hydrogen-bond acceptors (Lipinski definition) is 6. The summed E-state index contributed by atoms with van der Waals surface area (Å²) >= 11 is 7.14. The molecule has 0 aliphatic carbocycles. The Bertz CT molecular complexity index is 643. The van der Waals surface area contributed by atoms with Crippen LogP contribution in [0.4, 0.5) is 5.13 Å². The number of carbonyl (C=O) groups is 1. The molecule has 1 heterocycles. The van der Waals surface area contributed by atoms with E-state index in [0.717, 1.165) is 5.75 Å². The Balaban J connectivity index is 1.65. The van der Waals surface area contributed by atoms with Crippen LogP contribution >= 0.6 is 22.9 Å². The Morgan fingerprint density at radius 2 is 2.13 bits per heavy atom. The molecule has 2 aromatic rings. The maximum atomic E-state index is 11.8. The summed E-state index contributed by atoms with van der Waals surface area (Å²) in [4.78, 5) is 16.0. The molecule has 0 aliphatic heterocycles. The van der Waals surface area contributed by atoms with Crippen molar-refractivity contribution in [3.05, 3.63) is 53.0 Å². The van der Waals surface area contributed by atoms with Crippen molar-refractivity contribution in [1.82, 2.24) is 4.98 Å². The van der Waals surface area contributed by atoms with Crippen molar-refractivity contribution in [2.45, 2.75) is 6.42 Å². The molecule has 0 aliphatic rings. The van der Waals surface area contributed by atoms with E-state index in [2.05, 4.69) is 16.9 Å². The third-order valence-corrected chi connectivity index (χ3v) is 3.77. The summed E-state index contributed by atoms with van der Waals surface area (Å²) in [5.41, 5.74) is 0.306. The summed E-state index contributed by atoms with van der Waals surface area (Å²) in [6.45, 7) is 4.94. The zero-order chi connectivity index (χ0) is 16.5. The van der Waals surface area contributed by atoms with Gasteiger partial charge in [-0.1, -0.05) is 17.7 Å². The standard InChI is InChI=1S/C16H17ClN2O3S/c1-2-8-18-16-19-14(11-23-16)15(20)22-10-3-9-21-13-6-4-12(17)5-7-13/h2,4-7,11H,1,3,8-10H2,(H,18,19). The summed E-state index contributed by atoms with van der Waals surface area (Å²) in [7, 11) is 0. The molecule has 0 fully saturated rings. The van der Waals surface area contributed by atoms with Gasteiger partial charge in [-0.05, 0) is 24.3 Å². The first-order valence-electron chi connectivity index (χ1n) is 7.05. The highest BCUT2D eigenvalue weighted by Gasteiger charge is 2.11. The zero-order valence-electron chi connectivity index (χ0n) is 12.5. The summed E-state index contributed by atoms with van der Waals surface area (Å²) < 4.78 is 10.7. The maximum absolute atomic E-state index is 11.8. The molecule has 0 saturated carbocycles. The predicted molar refractivity (Wildman–Crippen MR) is 92.6 cm³/mol. The Morgan fingerprint density at radius 3 is 2.87 bits per heavy atom. The van der Waals surface area contributed by atoms with Gasteiger partial charge in [0.25, 0.3) is 0 Å². The number of nitrogens with zero attached hydrogens (tertiary/aromatic N) is 1. The van der Waals surface area contributed by atoms with Crippen LogP contribution in [0.2, 0.25) is 5.02 Å². The molecule has 122 valence electrons. The Hall–Kier alpha value is -2.05.